The minimum Gasteiger partial charge on any atom is -0.351 e. The first kappa shape index (κ1) is 22.5. The van der Waals surface area contributed by atoms with Crippen LogP contribution in [0.15, 0.2) is 48.5 Å². The number of anilines is 1. The molecule has 0 saturated heterocycles. The number of hydrogen-bond donors (Lipinski definition) is 2. The summed E-state index contributed by atoms with van der Waals surface area (Å²) < 4.78 is 36.8. The van der Waals surface area contributed by atoms with Crippen molar-refractivity contribution in [2.24, 2.45) is 0 Å². The molecule has 2 N–H and O–H groups in total. The van der Waals surface area contributed by atoms with Gasteiger partial charge in [-0.25, -0.2) is 12.8 Å². The summed E-state index contributed by atoms with van der Waals surface area (Å²) in [6, 6.07) is 12.0. The van der Waals surface area contributed by atoms with Crippen molar-refractivity contribution in [2.45, 2.75) is 32.7 Å². The molecule has 0 spiro atoms. The van der Waals surface area contributed by atoms with E-state index in [9.17, 15) is 22.4 Å². The van der Waals surface area contributed by atoms with Crippen molar-refractivity contribution in [3.8, 4) is 0 Å². The molecule has 0 heterocycles. The summed E-state index contributed by atoms with van der Waals surface area (Å²) in [4.78, 5) is 24.1. The van der Waals surface area contributed by atoms with E-state index in [2.05, 4.69) is 10.6 Å². The molecule has 29 heavy (non-hydrogen) atoms. The van der Waals surface area contributed by atoms with Crippen molar-refractivity contribution < 1.29 is 22.4 Å². The zero-order valence-electron chi connectivity index (χ0n) is 16.3. The lowest BCUT2D eigenvalue weighted by atomic mass is 10.1. The molecule has 0 aliphatic carbocycles. The van der Waals surface area contributed by atoms with E-state index in [1.807, 2.05) is 6.92 Å². The van der Waals surface area contributed by atoms with Crippen molar-refractivity contribution in [3.63, 3.8) is 0 Å². The van der Waals surface area contributed by atoms with Crippen molar-refractivity contribution in [1.82, 2.24) is 5.32 Å². The third-order valence-corrected chi connectivity index (χ3v) is 5.80. The third kappa shape index (κ3) is 8.03. The summed E-state index contributed by atoms with van der Waals surface area (Å²) in [6.07, 6.45) is 2.29. The minimum absolute atomic E-state index is 0.0131. The fourth-order valence-corrected chi connectivity index (χ4v) is 3.95. The molecule has 0 atom stereocenters. The van der Waals surface area contributed by atoms with Gasteiger partial charge in [-0.1, -0.05) is 31.9 Å². The molecule has 0 radical (unpaired) electrons. The van der Waals surface area contributed by atoms with Gasteiger partial charge in [-0.2, -0.15) is 0 Å². The molecule has 0 saturated carbocycles. The molecule has 0 fully saturated rings. The van der Waals surface area contributed by atoms with Crippen LogP contribution < -0.4 is 10.6 Å². The lowest BCUT2D eigenvalue weighted by Gasteiger charge is -2.09. The Balaban J connectivity index is 1.88. The van der Waals surface area contributed by atoms with Crippen LogP contribution in [0.2, 0.25) is 0 Å². The Hall–Kier alpha value is -2.74. The molecule has 0 bridgehead atoms. The van der Waals surface area contributed by atoms with Crippen molar-refractivity contribution in [2.75, 3.05) is 16.8 Å². The number of sulfone groups is 1. The topological polar surface area (TPSA) is 92.3 Å². The Labute approximate surface area is 170 Å². The normalized spacial score (nSPS) is 11.1. The van der Waals surface area contributed by atoms with Crippen LogP contribution in [0.4, 0.5) is 10.1 Å². The summed E-state index contributed by atoms with van der Waals surface area (Å²) in [5.41, 5.74) is 1.54. The highest BCUT2D eigenvalue weighted by atomic mass is 32.2. The van der Waals surface area contributed by atoms with Crippen molar-refractivity contribution >= 4 is 27.3 Å². The largest absolute Gasteiger partial charge is 0.351 e. The Kier molecular flexibility index (Phi) is 8.33. The van der Waals surface area contributed by atoms with E-state index in [0.29, 0.717) is 23.2 Å². The molecule has 0 aliphatic heterocycles. The first-order chi connectivity index (χ1) is 13.8. The van der Waals surface area contributed by atoms with Gasteiger partial charge in [-0.15, -0.1) is 0 Å². The van der Waals surface area contributed by atoms with Gasteiger partial charge >= 0.3 is 0 Å². The van der Waals surface area contributed by atoms with E-state index >= 15 is 0 Å². The van der Waals surface area contributed by atoms with Gasteiger partial charge in [0, 0.05) is 17.8 Å². The second-order valence-corrected chi connectivity index (χ2v) is 8.92. The third-order valence-electron chi connectivity index (χ3n) is 4.19. The smallest absolute Gasteiger partial charge is 0.255 e. The molecule has 0 aliphatic rings. The van der Waals surface area contributed by atoms with Crippen LogP contribution in [-0.4, -0.2) is 31.7 Å². The van der Waals surface area contributed by atoms with Gasteiger partial charge in [0.25, 0.3) is 5.91 Å². The molecular weight excluding hydrogens is 395 g/mol. The van der Waals surface area contributed by atoms with Gasteiger partial charge < -0.3 is 10.6 Å². The van der Waals surface area contributed by atoms with E-state index in [1.165, 1.54) is 24.3 Å². The highest BCUT2D eigenvalue weighted by Gasteiger charge is 2.16. The van der Waals surface area contributed by atoms with Gasteiger partial charge in [-0.05, 0) is 48.4 Å². The van der Waals surface area contributed by atoms with Crippen LogP contribution in [0.3, 0.4) is 0 Å². The quantitative estimate of drug-likeness (QED) is 0.577. The average Bonchev–Trinajstić information content (AvgIpc) is 2.67. The summed E-state index contributed by atoms with van der Waals surface area (Å²) in [5.74, 6) is -1.88. The molecule has 2 aromatic carbocycles. The summed E-state index contributed by atoms with van der Waals surface area (Å²) in [6.45, 7) is 2.12. The number of carbonyl (C=O) groups excluding carboxylic acids is 2. The van der Waals surface area contributed by atoms with E-state index in [1.54, 1.807) is 24.3 Å². The van der Waals surface area contributed by atoms with Crippen LogP contribution in [0.25, 0.3) is 0 Å². The van der Waals surface area contributed by atoms with Gasteiger partial charge in [0.05, 0.1) is 5.75 Å². The van der Waals surface area contributed by atoms with Gasteiger partial charge in [0.15, 0.2) is 9.84 Å². The molecule has 8 heteroatoms. The Bertz CT molecular complexity index is 943. The zero-order chi connectivity index (χ0) is 21.3. The van der Waals surface area contributed by atoms with Gasteiger partial charge in [-0.3, -0.25) is 9.59 Å². The van der Waals surface area contributed by atoms with Crippen LogP contribution in [-0.2, 0) is 21.2 Å². The maximum Gasteiger partial charge on any atom is 0.255 e. The Morgan fingerprint density at radius 3 is 2.45 bits per heavy atom. The van der Waals surface area contributed by atoms with E-state index in [0.717, 1.165) is 12.8 Å². The standard InChI is InChI=1S/C21H25FN2O4S/c1-2-3-4-12-29(27,28)15-20(25)23-14-16-6-5-7-19(13-16)24-21(26)17-8-10-18(22)11-9-17/h5-11,13H,2-4,12,14-15H2,1H3,(H,23,25)(H,24,26). The molecule has 0 unspecified atom stereocenters. The van der Waals surface area contributed by atoms with Crippen LogP contribution >= 0.6 is 0 Å². The maximum absolute atomic E-state index is 13.0. The summed E-state index contributed by atoms with van der Waals surface area (Å²) in [7, 11) is -3.41. The summed E-state index contributed by atoms with van der Waals surface area (Å²) >= 11 is 0. The minimum atomic E-state index is -3.41. The van der Waals surface area contributed by atoms with E-state index < -0.39 is 27.3 Å². The van der Waals surface area contributed by atoms with Crippen LogP contribution in [0.1, 0.15) is 42.1 Å². The number of halogens is 1. The molecule has 2 rings (SSSR count). The van der Waals surface area contributed by atoms with Crippen LogP contribution in [0.5, 0.6) is 0 Å². The number of benzene rings is 2. The predicted octanol–water partition coefficient (Wildman–Crippen LogP) is 3.30. The van der Waals surface area contributed by atoms with Gasteiger partial charge in [0.1, 0.15) is 11.6 Å². The lowest BCUT2D eigenvalue weighted by Crippen LogP contribution is -2.31. The molecule has 6 nitrogen and oxygen atoms in total. The fourth-order valence-electron chi connectivity index (χ4n) is 2.66. The Morgan fingerprint density at radius 1 is 1.03 bits per heavy atom. The maximum atomic E-state index is 13.0. The molecule has 2 amide bonds. The van der Waals surface area contributed by atoms with E-state index in [-0.39, 0.29) is 18.2 Å². The number of nitrogens with one attached hydrogen (secondary N) is 2. The van der Waals surface area contributed by atoms with Crippen LogP contribution in [0, 0.1) is 5.82 Å². The lowest BCUT2D eigenvalue weighted by molar-refractivity contribution is -0.118. The number of hydrogen-bond acceptors (Lipinski definition) is 4. The highest BCUT2D eigenvalue weighted by molar-refractivity contribution is 7.92. The first-order valence-electron chi connectivity index (χ1n) is 9.42. The van der Waals surface area contributed by atoms with Crippen molar-refractivity contribution in [3.05, 3.63) is 65.5 Å². The second kappa shape index (κ2) is 10.7. The number of unbranched alkanes of at least 4 members (excludes halogenated alkanes) is 2. The molecule has 156 valence electrons. The molecular formula is C21H25FN2O4S. The van der Waals surface area contributed by atoms with Gasteiger partial charge in [0.2, 0.25) is 5.91 Å². The SMILES string of the molecule is CCCCCS(=O)(=O)CC(=O)NCc1cccc(NC(=O)c2ccc(F)cc2)c1. The highest BCUT2D eigenvalue weighted by Crippen LogP contribution is 2.13. The Morgan fingerprint density at radius 2 is 1.76 bits per heavy atom. The first-order valence-corrected chi connectivity index (χ1v) is 11.2. The summed E-state index contributed by atoms with van der Waals surface area (Å²) in [5, 5.41) is 5.29. The predicted molar refractivity (Wildman–Crippen MR) is 111 cm³/mol. The molecule has 2 aromatic rings. The number of amides is 2. The number of rotatable bonds is 10. The average molecular weight is 421 g/mol. The number of carbonyl (C=O) groups is 2. The second-order valence-electron chi connectivity index (χ2n) is 6.74. The van der Waals surface area contributed by atoms with E-state index in [4.69, 9.17) is 0 Å². The van der Waals surface area contributed by atoms with Crippen molar-refractivity contribution in [1.29, 1.82) is 0 Å². The monoisotopic (exact) mass is 420 g/mol. The zero-order valence-corrected chi connectivity index (χ0v) is 17.1. The molecule has 0 aromatic heterocycles. The fraction of sp³-hybridized carbons (Fsp3) is 0.333.